The standard InChI is InChI=1S/C9H16N4S/c1-3-7-11-8(14-13-7)12-9(2)4-5-10-6-9/h10H,3-6H2,1-2H3,(H,11,12,13). The van der Waals surface area contributed by atoms with Crippen LogP contribution in [0.15, 0.2) is 0 Å². The van der Waals surface area contributed by atoms with Crippen LogP contribution in [-0.4, -0.2) is 28.0 Å². The van der Waals surface area contributed by atoms with Crippen molar-refractivity contribution in [3.63, 3.8) is 0 Å². The smallest absolute Gasteiger partial charge is 0.203 e. The molecule has 0 bridgehead atoms. The van der Waals surface area contributed by atoms with Gasteiger partial charge in [-0.15, -0.1) is 0 Å². The third kappa shape index (κ3) is 2.04. The molecule has 14 heavy (non-hydrogen) atoms. The van der Waals surface area contributed by atoms with Gasteiger partial charge in [-0.2, -0.15) is 4.37 Å². The molecule has 1 aliphatic heterocycles. The second kappa shape index (κ2) is 3.82. The van der Waals surface area contributed by atoms with Crippen molar-refractivity contribution >= 4 is 16.7 Å². The highest BCUT2D eigenvalue weighted by Crippen LogP contribution is 2.22. The first-order valence-electron chi connectivity index (χ1n) is 5.03. The molecule has 0 radical (unpaired) electrons. The number of aryl methyl sites for hydroxylation is 1. The van der Waals surface area contributed by atoms with E-state index < -0.39 is 0 Å². The number of nitrogens with one attached hydrogen (secondary N) is 2. The first kappa shape index (κ1) is 9.86. The van der Waals surface area contributed by atoms with Crippen LogP contribution in [0, 0.1) is 0 Å². The van der Waals surface area contributed by atoms with Gasteiger partial charge in [0.1, 0.15) is 5.82 Å². The van der Waals surface area contributed by atoms with Gasteiger partial charge < -0.3 is 10.6 Å². The minimum Gasteiger partial charge on any atom is -0.354 e. The first-order valence-corrected chi connectivity index (χ1v) is 5.81. The summed E-state index contributed by atoms with van der Waals surface area (Å²) in [4.78, 5) is 4.41. The van der Waals surface area contributed by atoms with E-state index in [4.69, 9.17) is 0 Å². The van der Waals surface area contributed by atoms with Gasteiger partial charge in [0.15, 0.2) is 0 Å². The Morgan fingerprint density at radius 2 is 2.50 bits per heavy atom. The van der Waals surface area contributed by atoms with E-state index in [2.05, 4.69) is 33.8 Å². The van der Waals surface area contributed by atoms with Crippen LogP contribution in [0.1, 0.15) is 26.1 Å². The van der Waals surface area contributed by atoms with Gasteiger partial charge in [-0.05, 0) is 19.9 Å². The fourth-order valence-corrected chi connectivity index (χ4v) is 2.43. The van der Waals surface area contributed by atoms with E-state index >= 15 is 0 Å². The molecule has 0 saturated carbocycles. The summed E-state index contributed by atoms with van der Waals surface area (Å²) in [6, 6.07) is 0. The summed E-state index contributed by atoms with van der Waals surface area (Å²) in [5, 5.41) is 7.75. The Morgan fingerprint density at radius 1 is 1.64 bits per heavy atom. The zero-order chi connectivity index (χ0) is 10.0. The number of anilines is 1. The maximum atomic E-state index is 4.41. The summed E-state index contributed by atoms with van der Waals surface area (Å²) in [7, 11) is 0. The molecule has 5 heteroatoms. The van der Waals surface area contributed by atoms with Crippen LogP contribution in [-0.2, 0) is 6.42 Å². The number of hydrogen-bond acceptors (Lipinski definition) is 5. The van der Waals surface area contributed by atoms with Crippen molar-refractivity contribution in [1.82, 2.24) is 14.7 Å². The average molecular weight is 212 g/mol. The lowest BCUT2D eigenvalue weighted by Crippen LogP contribution is -2.36. The van der Waals surface area contributed by atoms with Crippen LogP contribution in [0.3, 0.4) is 0 Å². The lowest BCUT2D eigenvalue weighted by molar-refractivity contribution is 0.566. The minimum atomic E-state index is 0.157. The Morgan fingerprint density at radius 3 is 3.07 bits per heavy atom. The molecular weight excluding hydrogens is 196 g/mol. The highest BCUT2D eigenvalue weighted by Gasteiger charge is 2.29. The Kier molecular flexibility index (Phi) is 2.69. The molecule has 1 unspecified atom stereocenters. The Bertz CT molecular complexity index is 304. The lowest BCUT2D eigenvalue weighted by atomic mass is 10.0. The average Bonchev–Trinajstić information content (AvgIpc) is 2.75. The van der Waals surface area contributed by atoms with E-state index in [9.17, 15) is 0 Å². The lowest BCUT2D eigenvalue weighted by Gasteiger charge is -2.23. The minimum absolute atomic E-state index is 0.157. The topological polar surface area (TPSA) is 49.8 Å². The van der Waals surface area contributed by atoms with Gasteiger partial charge in [0.2, 0.25) is 5.13 Å². The second-order valence-electron chi connectivity index (χ2n) is 3.98. The molecule has 4 nitrogen and oxygen atoms in total. The van der Waals surface area contributed by atoms with Crippen LogP contribution in [0.4, 0.5) is 5.13 Å². The number of nitrogens with zero attached hydrogens (tertiary/aromatic N) is 2. The number of aromatic nitrogens is 2. The molecule has 1 atom stereocenters. The van der Waals surface area contributed by atoms with Crippen LogP contribution in [0.25, 0.3) is 0 Å². The Balaban J connectivity index is 2.02. The molecule has 0 amide bonds. The number of rotatable bonds is 3. The molecular formula is C9H16N4S. The quantitative estimate of drug-likeness (QED) is 0.792. The van der Waals surface area contributed by atoms with E-state index in [0.717, 1.165) is 36.9 Å². The molecule has 0 aliphatic carbocycles. The molecule has 78 valence electrons. The normalized spacial score (nSPS) is 26.7. The van der Waals surface area contributed by atoms with Gasteiger partial charge in [-0.1, -0.05) is 6.92 Å². The van der Waals surface area contributed by atoms with Crippen molar-refractivity contribution in [2.75, 3.05) is 18.4 Å². The van der Waals surface area contributed by atoms with E-state index in [1.165, 1.54) is 11.5 Å². The molecule has 1 aromatic rings. The summed E-state index contributed by atoms with van der Waals surface area (Å²) in [5.74, 6) is 0.937. The van der Waals surface area contributed by atoms with Crippen molar-refractivity contribution in [3.8, 4) is 0 Å². The molecule has 2 rings (SSSR count). The van der Waals surface area contributed by atoms with E-state index in [-0.39, 0.29) is 5.54 Å². The van der Waals surface area contributed by atoms with Crippen LogP contribution in [0.2, 0.25) is 0 Å². The summed E-state index contributed by atoms with van der Waals surface area (Å²) < 4.78 is 4.26. The largest absolute Gasteiger partial charge is 0.354 e. The van der Waals surface area contributed by atoms with Crippen molar-refractivity contribution in [3.05, 3.63) is 5.82 Å². The Labute approximate surface area is 88.3 Å². The van der Waals surface area contributed by atoms with Crippen molar-refractivity contribution in [2.24, 2.45) is 0 Å². The predicted octanol–water partition coefficient (Wildman–Crippen LogP) is 1.26. The fourth-order valence-electron chi connectivity index (χ4n) is 1.63. The summed E-state index contributed by atoms with van der Waals surface area (Å²) in [6.07, 6.45) is 2.06. The van der Waals surface area contributed by atoms with Crippen molar-refractivity contribution < 1.29 is 0 Å². The third-order valence-electron chi connectivity index (χ3n) is 2.56. The summed E-state index contributed by atoms with van der Waals surface area (Å²) in [5.41, 5.74) is 0.157. The maximum Gasteiger partial charge on any atom is 0.203 e. The molecule has 0 aromatic carbocycles. The van der Waals surface area contributed by atoms with E-state index in [1.54, 1.807) is 0 Å². The van der Waals surface area contributed by atoms with Gasteiger partial charge in [-0.3, -0.25) is 0 Å². The van der Waals surface area contributed by atoms with Gasteiger partial charge >= 0.3 is 0 Å². The SMILES string of the molecule is CCc1nsc(NC2(C)CCNC2)n1. The molecule has 1 saturated heterocycles. The number of hydrogen-bond donors (Lipinski definition) is 2. The zero-order valence-corrected chi connectivity index (χ0v) is 9.45. The van der Waals surface area contributed by atoms with Gasteiger partial charge in [0.25, 0.3) is 0 Å². The summed E-state index contributed by atoms with van der Waals surface area (Å²) in [6.45, 7) is 6.39. The molecule has 1 aromatic heterocycles. The monoisotopic (exact) mass is 212 g/mol. The van der Waals surface area contributed by atoms with Crippen molar-refractivity contribution in [1.29, 1.82) is 0 Å². The van der Waals surface area contributed by atoms with Crippen LogP contribution in [0.5, 0.6) is 0 Å². The highest BCUT2D eigenvalue weighted by atomic mass is 32.1. The van der Waals surface area contributed by atoms with Gasteiger partial charge in [0.05, 0.1) is 5.54 Å². The molecule has 1 fully saturated rings. The predicted molar refractivity (Wildman–Crippen MR) is 58.8 cm³/mol. The molecule has 1 aliphatic rings. The van der Waals surface area contributed by atoms with Gasteiger partial charge in [-0.25, -0.2) is 4.98 Å². The molecule has 2 heterocycles. The van der Waals surface area contributed by atoms with Gasteiger partial charge in [0, 0.05) is 24.5 Å². The fraction of sp³-hybridized carbons (Fsp3) is 0.778. The molecule has 2 N–H and O–H groups in total. The maximum absolute atomic E-state index is 4.41. The highest BCUT2D eigenvalue weighted by molar-refractivity contribution is 7.09. The Hall–Kier alpha value is -0.680. The van der Waals surface area contributed by atoms with E-state index in [0.29, 0.717) is 0 Å². The summed E-state index contributed by atoms with van der Waals surface area (Å²) >= 11 is 1.46. The zero-order valence-electron chi connectivity index (χ0n) is 8.63. The van der Waals surface area contributed by atoms with Crippen LogP contribution >= 0.6 is 11.5 Å². The van der Waals surface area contributed by atoms with Crippen LogP contribution < -0.4 is 10.6 Å². The van der Waals surface area contributed by atoms with Crippen molar-refractivity contribution in [2.45, 2.75) is 32.2 Å². The second-order valence-corrected chi connectivity index (χ2v) is 4.73. The third-order valence-corrected chi connectivity index (χ3v) is 3.23. The molecule has 0 spiro atoms. The first-order chi connectivity index (χ1) is 6.72. The van der Waals surface area contributed by atoms with E-state index in [1.807, 2.05) is 0 Å².